The Balaban J connectivity index is 1.76. The van der Waals surface area contributed by atoms with Crippen LogP contribution in [0, 0.1) is 0 Å². The molecule has 114 valence electrons. The van der Waals surface area contributed by atoms with Gasteiger partial charge in [-0.15, -0.1) is 11.3 Å². The quantitative estimate of drug-likeness (QED) is 0.434. The maximum absolute atomic E-state index is 11.4. The van der Waals surface area contributed by atoms with E-state index in [1.165, 1.54) is 11.3 Å². The Hall–Kier alpha value is -2.73. The fraction of sp³-hybridized carbons (Fsp3) is 0.118. The Kier molecular flexibility index (Phi) is 3.31. The lowest BCUT2D eigenvalue weighted by Crippen LogP contribution is -1.96. The SMILES string of the molecule is O=Cc1sc2cnccc2c1Nc1ccc2c(c1)CC/C2=N\O. The van der Waals surface area contributed by atoms with Crippen molar-refractivity contribution in [1.82, 2.24) is 4.98 Å². The summed E-state index contributed by atoms with van der Waals surface area (Å²) in [6.45, 7) is 0. The highest BCUT2D eigenvalue weighted by atomic mass is 32.1. The molecule has 0 amide bonds. The second-order valence-corrected chi connectivity index (χ2v) is 6.46. The summed E-state index contributed by atoms with van der Waals surface area (Å²) in [5.74, 6) is 0. The van der Waals surface area contributed by atoms with Gasteiger partial charge in [0.25, 0.3) is 0 Å². The van der Waals surface area contributed by atoms with Gasteiger partial charge in [0.05, 0.1) is 21.0 Å². The van der Waals surface area contributed by atoms with Crippen LogP contribution in [-0.4, -0.2) is 22.2 Å². The summed E-state index contributed by atoms with van der Waals surface area (Å²) in [7, 11) is 0. The number of benzene rings is 1. The molecule has 0 bridgehead atoms. The van der Waals surface area contributed by atoms with E-state index >= 15 is 0 Å². The summed E-state index contributed by atoms with van der Waals surface area (Å²) in [5.41, 5.74) is 4.61. The van der Waals surface area contributed by atoms with Crippen LogP contribution in [-0.2, 0) is 6.42 Å². The zero-order chi connectivity index (χ0) is 15.8. The zero-order valence-electron chi connectivity index (χ0n) is 12.1. The lowest BCUT2D eigenvalue weighted by Gasteiger charge is -2.08. The van der Waals surface area contributed by atoms with Crippen LogP contribution in [0.5, 0.6) is 0 Å². The van der Waals surface area contributed by atoms with Crippen molar-refractivity contribution in [2.75, 3.05) is 5.32 Å². The Labute approximate surface area is 136 Å². The molecule has 23 heavy (non-hydrogen) atoms. The third-order valence-electron chi connectivity index (χ3n) is 4.06. The van der Waals surface area contributed by atoms with Crippen LogP contribution in [0.25, 0.3) is 10.1 Å². The molecule has 0 aliphatic heterocycles. The molecule has 5 nitrogen and oxygen atoms in total. The number of nitrogens with one attached hydrogen (secondary N) is 1. The first-order valence-electron chi connectivity index (χ1n) is 7.23. The first-order chi connectivity index (χ1) is 11.3. The van der Waals surface area contributed by atoms with Crippen LogP contribution < -0.4 is 5.32 Å². The number of hydrogen-bond acceptors (Lipinski definition) is 6. The highest BCUT2D eigenvalue weighted by Crippen LogP contribution is 2.36. The fourth-order valence-corrected chi connectivity index (χ4v) is 3.92. The molecule has 0 atom stereocenters. The van der Waals surface area contributed by atoms with E-state index < -0.39 is 0 Å². The van der Waals surface area contributed by atoms with Crippen LogP contribution in [0.1, 0.15) is 27.2 Å². The second kappa shape index (κ2) is 5.48. The molecule has 0 saturated heterocycles. The molecule has 1 aromatic carbocycles. The number of aldehydes is 1. The van der Waals surface area contributed by atoms with Gasteiger partial charge in [0.1, 0.15) is 0 Å². The van der Waals surface area contributed by atoms with Crippen LogP contribution in [0.15, 0.2) is 41.8 Å². The first-order valence-corrected chi connectivity index (χ1v) is 8.04. The minimum absolute atomic E-state index is 0.658. The molecule has 2 aromatic heterocycles. The van der Waals surface area contributed by atoms with Gasteiger partial charge in [-0.2, -0.15) is 0 Å². The first kappa shape index (κ1) is 13.9. The number of carbonyl (C=O) groups excluding carboxylic acids is 1. The summed E-state index contributed by atoms with van der Waals surface area (Å²) in [6.07, 6.45) is 5.98. The number of oxime groups is 1. The Bertz CT molecular complexity index is 946. The van der Waals surface area contributed by atoms with Gasteiger partial charge in [0, 0.05) is 29.0 Å². The lowest BCUT2D eigenvalue weighted by atomic mass is 10.1. The van der Waals surface area contributed by atoms with E-state index in [1.54, 1.807) is 12.4 Å². The number of rotatable bonds is 3. The van der Waals surface area contributed by atoms with Crippen LogP contribution in [0.3, 0.4) is 0 Å². The monoisotopic (exact) mass is 323 g/mol. The Morgan fingerprint density at radius 2 is 2.22 bits per heavy atom. The summed E-state index contributed by atoms with van der Waals surface area (Å²) in [6, 6.07) is 7.85. The average molecular weight is 323 g/mol. The number of carbonyl (C=O) groups is 1. The number of fused-ring (bicyclic) bond motifs is 2. The van der Waals surface area contributed by atoms with Crippen molar-refractivity contribution < 1.29 is 10.0 Å². The van der Waals surface area contributed by atoms with Crippen molar-refractivity contribution in [3.05, 3.63) is 52.7 Å². The van der Waals surface area contributed by atoms with Gasteiger partial charge in [-0.05, 0) is 36.6 Å². The number of thiophene rings is 1. The molecule has 4 rings (SSSR count). The van der Waals surface area contributed by atoms with E-state index in [2.05, 4.69) is 15.5 Å². The van der Waals surface area contributed by atoms with Gasteiger partial charge in [0.2, 0.25) is 0 Å². The molecule has 0 fully saturated rings. The second-order valence-electron chi connectivity index (χ2n) is 5.37. The maximum Gasteiger partial charge on any atom is 0.162 e. The molecule has 0 saturated carbocycles. The highest BCUT2D eigenvalue weighted by molar-refractivity contribution is 7.21. The van der Waals surface area contributed by atoms with Crippen molar-refractivity contribution in [3.8, 4) is 0 Å². The Morgan fingerprint density at radius 3 is 3.04 bits per heavy atom. The number of aromatic nitrogens is 1. The van der Waals surface area contributed by atoms with Crippen molar-refractivity contribution in [2.45, 2.75) is 12.8 Å². The average Bonchev–Trinajstić information content (AvgIpc) is 3.16. The number of aryl methyl sites for hydroxylation is 1. The molecule has 0 unspecified atom stereocenters. The van der Waals surface area contributed by atoms with Crippen molar-refractivity contribution in [2.24, 2.45) is 5.16 Å². The lowest BCUT2D eigenvalue weighted by molar-refractivity contribution is 0.112. The highest BCUT2D eigenvalue weighted by Gasteiger charge is 2.19. The molecule has 3 aromatic rings. The van der Waals surface area contributed by atoms with Crippen LogP contribution >= 0.6 is 11.3 Å². The van der Waals surface area contributed by atoms with Gasteiger partial charge < -0.3 is 10.5 Å². The molecule has 0 radical (unpaired) electrons. The molecular weight excluding hydrogens is 310 g/mol. The number of nitrogens with zero attached hydrogens (tertiary/aromatic N) is 2. The van der Waals surface area contributed by atoms with Crippen molar-refractivity contribution in [3.63, 3.8) is 0 Å². The van der Waals surface area contributed by atoms with Gasteiger partial charge in [-0.25, -0.2) is 0 Å². The van der Waals surface area contributed by atoms with Crippen molar-refractivity contribution in [1.29, 1.82) is 0 Å². The third-order valence-corrected chi connectivity index (χ3v) is 5.13. The minimum atomic E-state index is 0.658. The topological polar surface area (TPSA) is 74.6 Å². The summed E-state index contributed by atoms with van der Waals surface area (Å²) in [4.78, 5) is 16.1. The smallest absolute Gasteiger partial charge is 0.162 e. The van der Waals surface area contributed by atoms with E-state index in [1.807, 2.05) is 24.3 Å². The maximum atomic E-state index is 11.4. The predicted molar refractivity (Wildman–Crippen MR) is 91.4 cm³/mol. The molecule has 1 aliphatic rings. The van der Waals surface area contributed by atoms with Crippen LogP contribution in [0.2, 0.25) is 0 Å². The number of anilines is 2. The van der Waals surface area contributed by atoms with Gasteiger partial charge >= 0.3 is 0 Å². The summed E-state index contributed by atoms with van der Waals surface area (Å²) < 4.78 is 0.980. The van der Waals surface area contributed by atoms with E-state index in [0.717, 1.165) is 57.4 Å². The van der Waals surface area contributed by atoms with Gasteiger partial charge in [0.15, 0.2) is 6.29 Å². The van der Waals surface area contributed by atoms with E-state index in [-0.39, 0.29) is 0 Å². The summed E-state index contributed by atoms with van der Waals surface area (Å²) >= 11 is 1.43. The van der Waals surface area contributed by atoms with Gasteiger partial charge in [-0.3, -0.25) is 9.78 Å². The molecular formula is C17H13N3O2S. The van der Waals surface area contributed by atoms with Crippen LogP contribution in [0.4, 0.5) is 11.4 Å². The zero-order valence-corrected chi connectivity index (χ0v) is 12.9. The number of pyridine rings is 1. The largest absolute Gasteiger partial charge is 0.411 e. The normalized spacial score (nSPS) is 15.0. The van der Waals surface area contributed by atoms with E-state index in [0.29, 0.717) is 4.88 Å². The molecule has 2 heterocycles. The van der Waals surface area contributed by atoms with E-state index in [9.17, 15) is 4.79 Å². The molecule has 1 aliphatic carbocycles. The molecule has 0 spiro atoms. The molecule has 2 N–H and O–H groups in total. The minimum Gasteiger partial charge on any atom is -0.411 e. The Morgan fingerprint density at radius 1 is 1.30 bits per heavy atom. The fourth-order valence-electron chi connectivity index (χ4n) is 2.98. The molecule has 6 heteroatoms. The summed E-state index contributed by atoms with van der Waals surface area (Å²) in [5, 5.41) is 16.7. The predicted octanol–water partition coefficient (Wildman–Crippen LogP) is 3.98. The standard InChI is InChI=1S/C17H13N3O2S/c21-9-16-17(13-5-6-18-8-15(13)23-16)19-11-2-3-12-10(7-11)1-4-14(12)20-22/h2-3,5-9,19,22H,1,4H2/b20-14+. The van der Waals surface area contributed by atoms with Gasteiger partial charge in [-0.1, -0.05) is 11.2 Å². The third kappa shape index (κ3) is 2.27. The van der Waals surface area contributed by atoms with E-state index in [4.69, 9.17) is 5.21 Å². The number of hydrogen-bond donors (Lipinski definition) is 2. The van der Waals surface area contributed by atoms with Crippen molar-refractivity contribution >= 4 is 44.8 Å².